The highest BCUT2D eigenvalue weighted by atomic mass is 32.2. The third-order valence-corrected chi connectivity index (χ3v) is 4.07. The molecule has 2 aromatic rings. The van der Waals surface area contributed by atoms with Gasteiger partial charge < -0.3 is 4.90 Å². The van der Waals surface area contributed by atoms with Gasteiger partial charge in [-0.3, -0.25) is 9.10 Å². The van der Waals surface area contributed by atoms with Gasteiger partial charge in [-0.1, -0.05) is 0 Å². The van der Waals surface area contributed by atoms with Gasteiger partial charge in [-0.25, -0.2) is 8.42 Å². The van der Waals surface area contributed by atoms with Crippen LogP contribution in [0.1, 0.15) is 0 Å². The first-order valence-electron chi connectivity index (χ1n) is 6.17. The van der Waals surface area contributed by atoms with E-state index in [9.17, 15) is 13.2 Å². The van der Waals surface area contributed by atoms with E-state index in [2.05, 4.69) is 10.2 Å². The molecule has 1 aromatic carbocycles. The number of amides is 1. The summed E-state index contributed by atoms with van der Waals surface area (Å²) in [5, 5.41) is 8.27. The van der Waals surface area contributed by atoms with E-state index in [0.29, 0.717) is 16.7 Å². The van der Waals surface area contributed by atoms with Crippen LogP contribution in [-0.2, 0) is 21.9 Å². The number of sulfonamides is 1. The quantitative estimate of drug-likeness (QED) is 0.782. The summed E-state index contributed by atoms with van der Waals surface area (Å²) in [6, 6.07) is 4.89. The van der Waals surface area contributed by atoms with Crippen molar-refractivity contribution < 1.29 is 13.2 Å². The summed E-state index contributed by atoms with van der Waals surface area (Å²) in [5.74, 6) is -0.306. The molecule has 0 bridgehead atoms. The number of aryl methyl sites for hydroxylation is 1. The van der Waals surface area contributed by atoms with Crippen LogP contribution in [0.2, 0.25) is 0 Å². The Morgan fingerprint density at radius 3 is 2.43 bits per heavy atom. The number of benzene rings is 1. The first-order chi connectivity index (χ1) is 9.68. The normalized spacial score (nSPS) is 11.6. The molecule has 0 saturated heterocycles. The Labute approximate surface area is 123 Å². The number of fused-ring (bicyclic) bond motifs is 1. The topological polar surface area (TPSA) is 88.4 Å². The molecule has 1 heterocycles. The zero-order valence-corrected chi connectivity index (χ0v) is 13.1. The predicted octanol–water partition coefficient (Wildman–Crippen LogP) is -0.177. The number of hydrogen-bond donors (Lipinski definition) is 0. The minimum atomic E-state index is -3.58. The van der Waals surface area contributed by atoms with E-state index in [1.165, 1.54) is 9.70 Å². The highest BCUT2D eigenvalue weighted by Crippen LogP contribution is 2.21. The van der Waals surface area contributed by atoms with E-state index >= 15 is 0 Å². The van der Waals surface area contributed by atoms with Gasteiger partial charge in [-0.15, -0.1) is 0 Å². The van der Waals surface area contributed by atoms with Crippen molar-refractivity contribution in [3.63, 3.8) is 0 Å². The highest BCUT2D eigenvalue weighted by Gasteiger charge is 2.22. The fourth-order valence-corrected chi connectivity index (χ4v) is 2.67. The second-order valence-corrected chi connectivity index (χ2v) is 6.83. The van der Waals surface area contributed by atoms with Crippen molar-refractivity contribution in [2.45, 2.75) is 0 Å². The molecule has 1 amide bonds. The number of likely N-dealkylation sites (N-methyl/N-ethyl adjacent to an activating group) is 1. The molecule has 0 atom stereocenters. The lowest BCUT2D eigenvalue weighted by Crippen LogP contribution is -2.39. The molecule has 9 heteroatoms. The van der Waals surface area contributed by atoms with Crippen LogP contribution in [0.25, 0.3) is 11.0 Å². The van der Waals surface area contributed by atoms with Crippen molar-refractivity contribution in [2.75, 3.05) is 31.2 Å². The average molecular weight is 311 g/mol. The summed E-state index contributed by atoms with van der Waals surface area (Å²) in [4.78, 5) is 14.6. The molecule has 0 spiro atoms. The lowest BCUT2D eigenvalue weighted by molar-refractivity contribution is -0.127. The summed E-state index contributed by atoms with van der Waals surface area (Å²) in [6.07, 6.45) is 1.07. The molecule has 8 nitrogen and oxygen atoms in total. The zero-order chi connectivity index (χ0) is 15.8. The molecule has 0 radical (unpaired) electrons. The van der Waals surface area contributed by atoms with Crippen molar-refractivity contribution >= 4 is 32.7 Å². The number of carbonyl (C=O) groups excluding carboxylic acids is 1. The van der Waals surface area contributed by atoms with Gasteiger partial charge >= 0.3 is 0 Å². The highest BCUT2D eigenvalue weighted by molar-refractivity contribution is 7.92. The average Bonchev–Trinajstić information content (AvgIpc) is 2.72. The van der Waals surface area contributed by atoms with E-state index in [4.69, 9.17) is 0 Å². The Bertz CT molecular complexity index is 781. The van der Waals surface area contributed by atoms with E-state index < -0.39 is 10.0 Å². The minimum absolute atomic E-state index is 0.252. The monoisotopic (exact) mass is 311 g/mol. The minimum Gasteiger partial charge on any atom is -0.347 e. The molecule has 0 fully saturated rings. The molecule has 2 rings (SSSR count). The van der Waals surface area contributed by atoms with Crippen molar-refractivity contribution in [2.24, 2.45) is 7.05 Å². The maximum atomic E-state index is 11.9. The maximum absolute atomic E-state index is 11.9. The molecule has 0 aliphatic heterocycles. The van der Waals surface area contributed by atoms with Crippen LogP contribution in [0.5, 0.6) is 0 Å². The molecular weight excluding hydrogens is 294 g/mol. The van der Waals surface area contributed by atoms with Crippen LogP contribution in [-0.4, -0.2) is 61.1 Å². The first kappa shape index (κ1) is 15.2. The van der Waals surface area contributed by atoms with E-state index in [1.807, 2.05) is 0 Å². The van der Waals surface area contributed by atoms with E-state index in [-0.39, 0.29) is 12.5 Å². The molecule has 0 saturated carbocycles. The summed E-state index contributed by atoms with van der Waals surface area (Å²) >= 11 is 0. The van der Waals surface area contributed by atoms with Crippen molar-refractivity contribution in [3.8, 4) is 0 Å². The number of carbonyl (C=O) groups is 1. The largest absolute Gasteiger partial charge is 0.347 e. The van der Waals surface area contributed by atoms with Gasteiger partial charge in [0, 0.05) is 21.1 Å². The van der Waals surface area contributed by atoms with Crippen LogP contribution in [0.3, 0.4) is 0 Å². The summed E-state index contributed by atoms with van der Waals surface area (Å²) in [7, 11) is 1.26. The van der Waals surface area contributed by atoms with Crippen LogP contribution in [0.4, 0.5) is 5.69 Å². The van der Waals surface area contributed by atoms with Gasteiger partial charge in [0.25, 0.3) is 0 Å². The van der Waals surface area contributed by atoms with Crippen molar-refractivity contribution in [1.82, 2.24) is 19.9 Å². The van der Waals surface area contributed by atoms with E-state index in [1.54, 1.807) is 39.3 Å². The SMILES string of the molecule is CN(C)C(=O)CN(c1ccc2nn(C)nc2c1)S(C)(=O)=O. The molecule has 114 valence electrons. The Kier molecular flexibility index (Phi) is 3.86. The first-order valence-corrected chi connectivity index (χ1v) is 8.02. The van der Waals surface area contributed by atoms with Gasteiger partial charge in [0.15, 0.2) is 0 Å². The van der Waals surface area contributed by atoms with Gasteiger partial charge in [-0.05, 0) is 18.2 Å². The lowest BCUT2D eigenvalue weighted by atomic mass is 10.2. The standard InChI is InChI=1S/C12H17N5O3S/c1-15(2)12(18)8-17(21(4,19)20)9-5-6-10-11(7-9)14-16(3)13-10/h5-7H,8H2,1-4H3. The Morgan fingerprint density at radius 1 is 1.24 bits per heavy atom. The number of aromatic nitrogens is 3. The van der Waals surface area contributed by atoms with Crippen LogP contribution in [0.15, 0.2) is 18.2 Å². The van der Waals surface area contributed by atoms with E-state index in [0.717, 1.165) is 10.6 Å². The van der Waals surface area contributed by atoms with Crippen molar-refractivity contribution in [3.05, 3.63) is 18.2 Å². The Balaban J connectivity index is 2.45. The summed E-state index contributed by atoms with van der Waals surface area (Å²) in [6.45, 7) is -0.252. The van der Waals surface area contributed by atoms with Crippen LogP contribution in [0, 0.1) is 0 Å². The molecule has 1 aromatic heterocycles. The van der Waals surface area contributed by atoms with Crippen LogP contribution < -0.4 is 4.31 Å². The molecule has 0 aliphatic rings. The Hall–Kier alpha value is -2.16. The van der Waals surface area contributed by atoms with Crippen LogP contribution >= 0.6 is 0 Å². The van der Waals surface area contributed by atoms with Gasteiger partial charge in [-0.2, -0.15) is 15.0 Å². The molecule has 21 heavy (non-hydrogen) atoms. The number of rotatable bonds is 4. The summed E-state index contributed by atoms with van der Waals surface area (Å²) < 4.78 is 24.9. The third-order valence-electron chi connectivity index (χ3n) is 2.93. The fraction of sp³-hybridized carbons (Fsp3) is 0.417. The lowest BCUT2D eigenvalue weighted by Gasteiger charge is -2.23. The smallest absolute Gasteiger partial charge is 0.242 e. The van der Waals surface area contributed by atoms with Gasteiger partial charge in [0.1, 0.15) is 17.6 Å². The summed E-state index contributed by atoms with van der Waals surface area (Å²) in [5.41, 5.74) is 1.62. The molecule has 0 aliphatic carbocycles. The third kappa shape index (κ3) is 3.30. The maximum Gasteiger partial charge on any atom is 0.242 e. The van der Waals surface area contributed by atoms with Gasteiger partial charge in [0.05, 0.1) is 11.9 Å². The second kappa shape index (κ2) is 5.32. The molecular formula is C12H17N5O3S. The molecule has 0 N–H and O–H groups in total. The molecule has 0 unspecified atom stereocenters. The number of nitrogens with zero attached hydrogens (tertiary/aromatic N) is 5. The zero-order valence-electron chi connectivity index (χ0n) is 12.3. The van der Waals surface area contributed by atoms with Gasteiger partial charge in [0.2, 0.25) is 15.9 Å². The Morgan fingerprint density at radius 2 is 1.86 bits per heavy atom. The number of hydrogen-bond acceptors (Lipinski definition) is 5. The number of anilines is 1. The van der Waals surface area contributed by atoms with Crippen molar-refractivity contribution in [1.29, 1.82) is 0 Å². The predicted molar refractivity (Wildman–Crippen MR) is 79.4 cm³/mol. The fourth-order valence-electron chi connectivity index (χ4n) is 1.83. The second-order valence-electron chi connectivity index (χ2n) is 4.92.